The van der Waals surface area contributed by atoms with Crippen LogP contribution in [0, 0.1) is 5.82 Å². The number of anilines is 5. The molecule has 0 fully saturated rings. The normalized spacial score (nSPS) is 13.5. The van der Waals surface area contributed by atoms with Gasteiger partial charge in [0.1, 0.15) is 5.82 Å². The summed E-state index contributed by atoms with van der Waals surface area (Å²) in [5.74, 6) is -0.376. The van der Waals surface area contributed by atoms with Crippen LogP contribution in [0.15, 0.2) is 30.5 Å². The molecule has 14 heteroatoms. The van der Waals surface area contributed by atoms with Crippen LogP contribution in [0.2, 0.25) is 0 Å². The van der Waals surface area contributed by atoms with Gasteiger partial charge in [0.05, 0.1) is 33.2 Å². The fraction of sp³-hybridized carbons (Fsp3) is 0.261. The van der Waals surface area contributed by atoms with Crippen LogP contribution in [0.4, 0.5) is 38.3 Å². The molecule has 0 saturated carbocycles. The largest absolute Gasteiger partial charge is 0.493 e. The van der Waals surface area contributed by atoms with Crippen LogP contribution in [0.5, 0.6) is 23.0 Å². The molecule has 2 amide bonds. The number of halogens is 2. The molecular formula is C23H22ClFN6O6. The van der Waals surface area contributed by atoms with Crippen molar-refractivity contribution < 1.29 is 32.9 Å². The zero-order valence-electron chi connectivity index (χ0n) is 20.4. The summed E-state index contributed by atoms with van der Waals surface area (Å²) in [7, 11) is 4.24. The molecule has 2 N–H and O–H groups in total. The topological polar surface area (TPSA) is 137 Å². The Balaban J connectivity index is 1.70. The number of nitrogens with zero attached hydrogens (tertiary/aromatic N) is 4. The molecule has 0 saturated heterocycles. The zero-order valence-corrected chi connectivity index (χ0v) is 21.1. The summed E-state index contributed by atoms with van der Waals surface area (Å²) in [6, 6.07) is 5.99. The molecule has 12 nitrogen and oxygen atoms in total. The van der Waals surface area contributed by atoms with Gasteiger partial charge in [0.25, 0.3) is 5.91 Å². The Morgan fingerprint density at radius 1 is 1.14 bits per heavy atom. The Labute approximate surface area is 215 Å². The first-order valence-corrected chi connectivity index (χ1v) is 11.1. The number of amides is 2. The molecule has 4 rings (SSSR count). The first kappa shape index (κ1) is 25.7. The van der Waals surface area contributed by atoms with Crippen molar-refractivity contribution in [2.75, 3.05) is 36.9 Å². The maximum atomic E-state index is 14.7. The maximum Gasteiger partial charge on any atom is 0.327 e. The van der Waals surface area contributed by atoms with Crippen molar-refractivity contribution in [1.82, 2.24) is 15.0 Å². The standard InChI is InChI=1S/C23H22ClFN6O6/c1-23(2)20(32)29-19-13(37-23)6-7-16(28-19)27-18-12(25)10-26-22(30-18)31(21(24)33)11-8-14(34-3)17(36-5)15(9-11)35-4/h6-10H,1-5H3,(H2,26,27,28,29,30,32). The third kappa shape index (κ3) is 4.98. The lowest BCUT2D eigenvalue weighted by Crippen LogP contribution is -2.46. The summed E-state index contributed by atoms with van der Waals surface area (Å²) < 4.78 is 36.3. The van der Waals surface area contributed by atoms with Gasteiger partial charge < -0.3 is 29.6 Å². The first-order chi connectivity index (χ1) is 17.6. The fourth-order valence-corrected chi connectivity index (χ4v) is 3.61. The average Bonchev–Trinajstić information content (AvgIpc) is 2.86. The van der Waals surface area contributed by atoms with Gasteiger partial charge in [0, 0.05) is 12.1 Å². The summed E-state index contributed by atoms with van der Waals surface area (Å²) >= 11 is 5.86. The summed E-state index contributed by atoms with van der Waals surface area (Å²) in [4.78, 5) is 37.8. The number of aromatic nitrogens is 3. The van der Waals surface area contributed by atoms with Gasteiger partial charge in [-0.2, -0.15) is 4.98 Å². The third-order valence-electron chi connectivity index (χ3n) is 5.26. The maximum absolute atomic E-state index is 14.7. The van der Waals surface area contributed by atoms with Crippen LogP contribution < -0.4 is 34.5 Å². The van der Waals surface area contributed by atoms with E-state index >= 15 is 0 Å². The molecule has 0 aliphatic carbocycles. The van der Waals surface area contributed by atoms with E-state index in [1.54, 1.807) is 19.9 Å². The monoisotopic (exact) mass is 532 g/mol. The van der Waals surface area contributed by atoms with Gasteiger partial charge in [-0.15, -0.1) is 0 Å². The molecule has 3 aromatic rings. The van der Waals surface area contributed by atoms with Gasteiger partial charge in [-0.05, 0) is 37.6 Å². The van der Waals surface area contributed by atoms with E-state index in [0.29, 0.717) is 5.75 Å². The lowest BCUT2D eigenvalue weighted by Gasteiger charge is -2.30. The first-order valence-electron chi connectivity index (χ1n) is 10.7. The molecule has 37 heavy (non-hydrogen) atoms. The van der Waals surface area contributed by atoms with Gasteiger partial charge in [-0.3, -0.25) is 9.59 Å². The van der Waals surface area contributed by atoms with Gasteiger partial charge in [0.15, 0.2) is 40.3 Å². The SMILES string of the molecule is COc1cc(N(C(=O)Cl)c2ncc(F)c(Nc3ccc4c(n3)NC(=O)C(C)(C)O4)n2)cc(OC)c1OC. The number of rotatable bonds is 7. The van der Waals surface area contributed by atoms with E-state index in [-0.39, 0.29) is 52.2 Å². The number of methoxy groups -OCH3 is 3. The minimum absolute atomic E-state index is 0.141. The van der Waals surface area contributed by atoms with E-state index < -0.39 is 16.8 Å². The van der Waals surface area contributed by atoms with Gasteiger partial charge in [-0.25, -0.2) is 19.3 Å². The fourth-order valence-electron chi connectivity index (χ4n) is 3.43. The third-order valence-corrected chi connectivity index (χ3v) is 5.43. The second-order valence-electron chi connectivity index (χ2n) is 8.07. The highest BCUT2D eigenvalue weighted by Crippen LogP contribution is 2.42. The molecule has 1 aliphatic rings. The van der Waals surface area contributed by atoms with E-state index in [2.05, 4.69) is 25.6 Å². The minimum atomic E-state index is -1.07. The molecule has 1 aliphatic heterocycles. The zero-order chi connectivity index (χ0) is 26.9. The highest BCUT2D eigenvalue weighted by Gasteiger charge is 2.36. The lowest BCUT2D eigenvalue weighted by atomic mass is 10.1. The van der Waals surface area contributed by atoms with Crippen molar-refractivity contribution >= 4 is 52.0 Å². The number of benzene rings is 1. The molecular weight excluding hydrogens is 511 g/mol. The van der Waals surface area contributed by atoms with Crippen molar-refractivity contribution in [1.29, 1.82) is 0 Å². The predicted molar refractivity (Wildman–Crippen MR) is 132 cm³/mol. The van der Waals surface area contributed by atoms with Crippen LogP contribution in [0.3, 0.4) is 0 Å². The molecule has 194 valence electrons. The predicted octanol–water partition coefficient (Wildman–Crippen LogP) is 4.39. The van der Waals surface area contributed by atoms with E-state index in [1.807, 2.05) is 0 Å². The number of pyridine rings is 1. The number of nitrogens with one attached hydrogen (secondary N) is 2. The summed E-state index contributed by atoms with van der Waals surface area (Å²) in [5.41, 5.74) is -0.900. The van der Waals surface area contributed by atoms with Crippen molar-refractivity contribution in [3.63, 3.8) is 0 Å². The van der Waals surface area contributed by atoms with E-state index in [0.717, 1.165) is 11.1 Å². The van der Waals surface area contributed by atoms with E-state index in [4.69, 9.17) is 30.5 Å². The van der Waals surface area contributed by atoms with Crippen LogP contribution in [-0.2, 0) is 4.79 Å². The summed E-state index contributed by atoms with van der Waals surface area (Å²) in [6.07, 6.45) is 0.862. The molecule has 2 aromatic heterocycles. The Morgan fingerprint density at radius 2 is 1.81 bits per heavy atom. The summed E-state index contributed by atoms with van der Waals surface area (Å²) in [5, 5.41) is 4.37. The number of hydrogen-bond acceptors (Lipinski definition) is 10. The molecule has 0 unspecified atom stereocenters. The highest BCUT2D eigenvalue weighted by atomic mass is 35.5. The van der Waals surface area contributed by atoms with Crippen molar-refractivity contribution in [2.24, 2.45) is 0 Å². The molecule has 0 radical (unpaired) electrons. The van der Waals surface area contributed by atoms with Crippen LogP contribution in [0.1, 0.15) is 13.8 Å². The van der Waals surface area contributed by atoms with E-state index in [9.17, 15) is 14.0 Å². The molecule has 1 aromatic carbocycles. The van der Waals surface area contributed by atoms with Crippen LogP contribution in [-0.4, -0.2) is 53.2 Å². The van der Waals surface area contributed by atoms with Crippen molar-refractivity contribution in [2.45, 2.75) is 19.4 Å². The molecule has 0 bridgehead atoms. The lowest BCUT2D eigenvalue weighted by molar-refractivity contribution is -0.129. The second-order valence-corrected chi connectivity index (χ2v) is 8.40. The van der Waals surface area contributed by atoms with Crippen LogP contribution in [0.25, 0.3) is 0 Å². The Morgan fingerprint density at radius 3 is 2.41 bits per heavy atom. The van der Waals surface area contributed by atoms with Gasteiger partial charge in [0.2, 0.25) is 11.7 Å². The Hall–Kier alpha value is -4.39. The molecule has 0 spiro atoms. The minimum Gasteiger partial charge on any atom is -0.493 e. The van der Waals surface area contributed by atoms with Gasteiger partial charge >= 0.3 is 5.37 Å². The number of hydrogen-bond donors (Lipinski definition) is 2. The smallest absolute Gasteiger partial charge is 0.327 e. The number of carbonyl (C=O) groups excluding carboxylic acids is 2. The second kappa shape index (κ2) is 9.93. The average molecular weight is 533 g/mol. The van der Waals surface area contributed by atoms with E-state index in [1.165, 1.54) is 39.5 Å². The summed E-state index contributed by atoms with van der Waals surface area (Å²) in [6.45, 7) is 3.24. The number of ether oxygens (including phenoxy) is 4. The Bertz CT molecular complexity index is 1360. The highest BCUT2D eigenvalue weighted by molar-refractivity contribution is 6.66. The van der Waals surface area contributed by atoms with Crippen molar-refractivity contribution in [3.05, 3.63) is 36.3 Å². The Kier molecular flexibility index (Phi) is 6.90. The van der Waals surface area contributed by atoms with Crippen LogP contribution >= 0.6 is 11.6 Å². The molecule has 3 heterocycles. The quantitative estimate of drug-likeness (QED) is 0.333. The number of fused-ring (bicyclic) bond motifs is 1. The van der Waals surface area contributed by atoms with Gasteiger partial charge in [-0.1, -0.05) is 0 Å². The number of carbonyl (C=O) groups is 2. The molecule has 0 atom stereocenters. The van der Waals surface area contributed by atoms with Crippen molar-refractivity contribution in [3.8, 4) is 23.0 Å².